The van der Waals surface area contributed by atoms with E-state index in [1.165, 1.54) is 11.8 Å². The van der Waals surface area contributed by atoms with Crippen LogP contribution >= 0.6 is 11.8 Å². The molecule has 0 aliphatic carbocycles. The van der Waals surface area contributed by atoms with E-state index < -0.39 is 5.25 Å². The third kappa shape index (κ3) is 5.00. The number of amidine groups is 1. The van der Waals surface area contributed by atoms with Gasteiger partial charge in [-0.1, -0.05) is 78.5 Å². The maximum Gasteiger partial charge on any atom is 0.240 e. The summed E-state index contributed by atoms with van der Waals surface area (Å²) in [6, 6.07) is 18.8. The van der Waals surface area contributed by atoms with E-state index in [9.17, 15) is 9.59 Å². The minimum atomic E-state index is -0.475. The normalized spacial score (nSPS) is 18.7. The molecule has 1 unspecified atom stereocenters. The molecule has 0 saturated carbocycles. The zero-order valence-corrected chi connectivity index (χ0v) is 14.7. The molecule has 1 heterocycles. The number of hydrogen-bond acceptors (Lipinski definition) is 5. The Labute approximate surface area is 155 Å². The van der Waals surface area contributed by atoms with Crippen LogP contribution in [0.3, 0.4) is 0 Å². The van der Waals surface area contributed by atoms with Gasteiger partial charge in [-0.25, -0.2) is 0 Å². The van der Waals surface area contributed by atoms with Gasteiger partial charge in [-0.15, -0.1) is 5.10 Å². The van der Waals surface area contributed by atoms with Gasteiger partial charge in [-0.2, -0.15) is 5.10 Å². The summed E-state index contributed by atoms with van der Waals surface area (Å²) in [4.78, 5) is 24.2. The van der Waals surface area contributed by atoms with Gasteiger partial charge < -0.3 is 5.32 Å². The molecule has 0 radical (unpaired) electrons. The number of ketones is 1. The number of hydrogen-bond donors (Lipinski definition) is 1. The maximum absolute atomic E-state index is 12.2. The molecule has 1 fully saturated rings. The molecule has 5 nitrogen and oxygen atoms in total. The summed E-state index contributed by atoms with van der Waals surface area (Å²) in [6.07, 6.45) is 5.37. The zero-order chi connectivity index (χ0) is 18.2. The molecule has 2 aromatic rings. The van der Waals surface area contributed by atoms with Crippen LogP contribution in [-0.4, -0.2) is 28.3 Å². The highest BCUT2D eigenvalue weighted by atomic mass is 32.2. The number of carbonyl (C=O) groups is 2. The number of nitrogens with one attached hydrogen (secondary N) is 1. The Bertz CT molecular complexity index is 861. The van der Waals surface area contributed by atoms with Crippen molar-refractivity contribution in [3.8, 4) is 0 Å². The minimum absolute atomic E-state index is 0.0613. The van der Waals surface area contributed by atoms with Crippen molar-refractivity contribution in [3.63, 3.8) is 0 Å². The summed E-state index contributed by atoms with van der Waals surface area (Å²) in [5.74, 6) is -0.276. The van der Waals surface area contributed by atoms with Gasteiger partial charge in [0.05, 0.1) is 5.25 Å². The van der Waals surface area contributed by atoms with Crippen molar-refractivity contribution in [1.82, 2.24) is 5.32 Å². The van der Waals surface area contributed by atoms with Crippen molar-refractivity contribution in [3.05, 3.63) is 77.9 Å². The van der Waals surface area contributed by atoms with E-state index in [1.54, 1.807) is 36.6 Å². The molecule has 1 saturated heterocycles. The number of nitrogens with zero attached hydrogens (tertiary/aromatic N) is 2. The van der Waals surface area contributed by atoms with E-state index in [0.29, 0.717) is 10.7 Å². The van der Waals surface area contributed by atoms with E-state index in [-0.39, 0.29) is 18.1 Å². The van der Waals surface area contributed by atoms with E-state index in [4.69, 9.17) is 0 Å². The largest absolute Gasteiger partial charge is 0.303 e. The predicted molar refractivity (Wildman–Crippen MR) is 106 cm³/mol. The van der Waals surface area contributed by atoms with Crippen LogP contribution in [0, 0.1) is 0 Å². The summed E-state index contributed by atoms with van der Waals surface area (Å²) in [7, 11) is 0. The number of allylic oxidation sites excluding steroid dienone is 1. The average Bonchev–Trinajstić information content (AvgIpc) is 3.02. The first-order chi connectivity index (χ1) is 12.7. The molecule has 1 N–H and O–H groups in total. The van der Waals surface area contributed by atoms with Crippen molar-refractivity contribution in [2.45, 2.75) is 11.7 Å². The minimum Gasteiger partial charge on any atom is -0.303 e. The second-order valence-corrected chi connectivity index (χ2v) is 6.72. The van der Waals surface area contributed by atoms with Crippen LogP contribution in [0.4, 0.5) is 0 Å². The first kappa shape index (κ1) is 17.8. The smallest absolute Gasteiger partial charge is 0.240 e. The molecule has 1 atom stereocenters. The van der Waals surface area contributed by atoms with Gasteiger partial charge in [0, 0.05) is 18.2 Å². The molecule has 0 aromatic heterocycles. The van der Waals surface area contributed by atoms with Crippen LogP contribution in [0.5, 0.6) is 0 Å². The topological polar surface area (TPSA) is 70.9 Å². The summed E-state index contributed by atoms with van der Waals surface area (Å²) in [6.45, 7) is 0. The van der Waals surface area contributed by atoms with Crippen LogP contribution < -0.4 is 5.32 Å². The zero-order valence-electron chi connectivity index (χ0n) is 13.9. The average molecular weight is 363 g/mol. The molecule has 2 aromatic carbocycles. The highest BCUT2D eigenvalue weighted by Crippen LogP contribution is 2.24. The Kier molecular flexibility index (Phi) is 6.11. The highest BCUT2D eigenvalue weighted by Gasteiger charge is 2.32. The quantitative estimate of drug-likeness (QED) is 0.485. The van der Waals surface area contributed by atoms with Crippen molar-refractivity contribution >= 4 is 40.9 Å². The highest BCUT2D eigenvalue weighted by molar-refractivity contribution is 8.15. The molecule has 130 valence electrons. The number of carbonyl (C=O) groups excluding carboxylic acids is 2. The Hall–Kier alpha value is -2.99. The van der Waals surface area contributed by atoms with Gasteiger partial charge in [0.1, 0.15) is 0 Å². The van der Waals surface area contributed by atoms with Crippen LogP contribution in [0.1, 0.15) is 22.3 Å². The van der Waals surface area contributed by atoms with Gasteiger partial charge in [-0.05, 0) is 11.6 Å². The molecule has 1 aliphatic rings. The summed E-state index contributed by atoms with van der Waals surface area (Å²) in [5, 5.41) is 10.5. The molecule has 6 heteroatoms. The van der Waals surface area contributed by atoms with E-state index in [1.807, 2.05) is 42.5 Å². The van der Waals surface area contributed by atoms with Gasteiger partial charge in [0.15, 0.2) is 11.0 Å². The lowest BCUT2D eigenvalue weighted by Gasteiger charge is -2.04. The fourth-order valence-corrected chi connectivity index (χ4v) is 3.26. The molecule has 26 heavy (non-hydrogen) atoms. The molecule has 0 spiro atoms. The van der Waals surface area contributed by atoms with Gasteiger partial charge in [0.2, 0.25) is 5.91 Å². The van der Waals surface area contributed by atoms with Gasteiger partial charge in [-0.3, -0.25) is 9.59 Å². The maximum atomic E-state index is 12.2. The third-order valence-corrected chi connectivity index (χ3v) is 4.70. The van der Waals surface area contributed by atoms with Gasteiger partial charge >= 0.3 is 0 Å². The van der Waals surface area contributed by atoms with E-state index >= 15 is 0 Å². The lowest BCUT2D eigenvalue weighted by molar-refractivity contribution is -0.118. The third-order valence-electron chi connectivity index (χ3n) is 3.63. The molecule has 1 aliphatic heterocycles. The van der Waals surface area contributed by atoms with E-state index in [2.05, 4.69) is 15.5 Å². The van der Waals surface area contributed by atoms with Crippen molar-refractivity contribution in [1.29, 1.82) is 0 Å². The lowest BCUT2D eigenvalue weighted by atomic mass is 10.1. The fraction of sp³-hybridized carbons (Fsp3) is 0.100. The second-order valence-electron chi connectivity index (χ2n) is 5.53. The number of Topliss-reactive ketones (excluding diaryl/α,β-unsaturated/α-hetero) is 1. The van der Waals surface area contributed by atoms with Crippen molar-refractivity contribution < 1.29 is 9.59 Å². The summed E-state index contributed by atoms with van der Waals surface area (Å²) >= 11 is 1.23. The predicted octanol–water partition coefficient (Wildman–Crippen LogP) is 3.55. The Morgan fingerprint density at radius 2 is 1.77 bits per heavy atom. The Morgan fingerprint density at radius 1 is 1.08 bits per heavy atom. The molecule has 1 amide bonds. The molecular formula is C20H17N3O2S. The van der Waals surface area contributed by atoms with Crippen LogP contribution in [0.25, 0.3) is 6.08 Å². The fourth-order valence-electron chi connectivity index (χ4n) is 2.34. The summed E-state index contributed by atoms with van der Waals surface area (Å²) < 4.78 is 0. The van der Waals surface area contributed by atoms with Crippen molar-refractivity contribution in [2.75, 3.05) is 0 Å². The molecule has 3 rings (SSSR count). The Morgan fingerprint density at radius 3 is 2.50 bits per heavy atom. The van der Waals surface area contributed by atoms with Crippen LogP contribution in [0.2, 0.25) is 0 Å². The van der Waals surface area contributed by atoms with E-state index in [0.717, 1.165) is 5.56 Å². The molecular weight excluding hydrogens is 346 g/mol. The Balaban J connectivity index is 1.54. The lowest BCUT2D eigenvalue weighted by Crippen LogP contribution is -2.26. The standard InChI is InChI=1S/C20H17N3O2S/c24-17(16-11-5-2-6-12-16)14-18-19(25)22-20(26-18)23-21-13-7-10-15-8-3-1-4-9-15/h1-13,18H,14H2,(H,22,23,25)/b10-7-,21-13-. The number of rotatable bonds is 6. The van der Waals surface area contributed by atoms with Crippen molar-refractivity contribution in [2.24, 2.45) is 10.2 Å². The first-order valence-corrected chi connectivity index (χ1v) is 8.99. The van der Waals surface area contributed by atoms with Crippen LogP contribution in [0.15, 0.2) is 76.9 Å². The monoisotopic (exact) mass is 363 g/mol. The first-order valence-electron chi connectivity index (χ1n) is 8.11. The summed E-state index contributed by atoms with van der Waals surface area (Å²) in [5.41, 5.74) is 1.67. The number of thioether (sulfide) groups is 1. The van der Waals surface area contributed by atoms with Gasteiger partial charge in [0.25, 0.3) is 0 Å². The number of benzene rings is 2. The molecule has 0 bridgehead atoms. The number of amides is 1. The van der Waals surface area contributed by atoms with Crippen LogP contribution in [-0.2, 0) is 4.79 Å². The second kappa shape index (κ2) is 8.92. The SMILES string of the molecule is O=C(CC1S/C(=N/N=C\C=C/c2ccccc2)NC1=O)c1ccccc1.